The summed E-state index contributed by atoms with van der Waals surface area (Å²) in [7, 11) is 0. The van der Waals surface area contributed by atoms with Crippen molar-refractivity contribution in [3.05, 3.63) is 113 Å². The Morgan fingerprint density at radius 3 is 2.55 bits per heavy atom. The molecular formula is C39H34F3N5O3S. The standard InChI is InChI=1S/C39H34F3N5O3S/c1-23-18-28(36(44-20-23)46-21-39(22-46)12-16-50-17-13-39)37(48)45-26-9-7-24(8-10-26)38(49)47-15-11-27-32(42)35(31-25(19-40)4-2-5-29(31)41)51-34(27)33-30(47)6-3-14-43-33/h2-10,14,18,20H,11-13,15-17,19,21-22H2,1H3,(H,45,48). The fourth-order valence-corrected chi connectivity index (χ4v) is 8.68. The molecule has 2 saturated heterocycles. The largest absolute Gasteiger partial charge is 0.381 e. The molecule has 6 heterocycles. The van der Waals surface area contributed by atoms with Gasteiger partial charge < -0.3 is 19.9 Å². The molecule has 2 aromatic carbocycles. The van der Waals surface area contributed by atoms with Crippen molar-refractivity contribution < 1.29 is 27.5 Å². The van der Waals surface area contributed by atoms with Crippen LogP contribution in [0.2, 0.25) is 0 Å². The summed E-state index contributed by atoms with van der Waals surface area (Å²) >= 11 is 1.01. The van der Waals surface area contributed by atoms with Crippen LogP contribution in [0.15, 0.2) is 73.1 Å². The Labute approximate surface area is 296 Å². The molecule has 12 heteroatoms. The third-order valence-electron chi connectivity index (χ3n) is 10.1. The molecule has 8 nitrogen and oxygen atoms in total. The SMILES string of the molecule is Cc1cnc(N2CC3(CCOCC3)C2)c(C(=O)Nc2ccc(C(=O)N3CCc4c(sc(-c5c(F)cccc5CF)c4F)-c4ncccc43)cc2)c1. The number of nitrogens with one attached hydrogen (secondary N) is 1. The number of anilines is 3. The van der Waals surface area contributed by atoms with Gasteiger partial charge in [0.15, 0.2) is 0 Å². The summed E-state index contributed by atoms with van der Waals surface area (Å²) in [5.41, 5.74) is 3.63. The molecule has 0 saturated carbocycles. The Bertz CT molecular complexity index is 2160. The average molecular weight is 710 g/mol. The van der Waals surface area contributed by atoms with E-state index in [1.54, 1.807) is 53.7 Å². The van der Waals surface area contributed by atoms with Crippen molar-refractivity contribution in [1.29, 1.82) is 0 Å². The molecule has 0 bridgehead atoms. The van der Waals surface area contributed by atoms with Gasteiger partial charge in [-0.05, 0) is 85.8 Å². The number of benzene rings is 2. The Hall–Kier alpha value is -5.07. The van der Waals surface area contributed by atoms with Crippen LogP contribution in [0.4, 0.5) is 30.4 Å². The molecule has 2 fully saturated rings. The van der Waals surface area contributed by atoms with Gasteiger partial charge in [0.05, 0.1) is 21.0 Å². The summed E-state index contributed by atoms with van der Waals surface area (Å²) < 4.78 is 50.3. The second kappa shape index (κ2) is 13.2. The second-order valence-electron chi connectivity index (χ2n) is 13.4. The molecular weight excluding hydrogens is 676 g/mol. The monoisotopic (exact) mass is 709 g/mol. The van der Waals surface area contributed by atoms with Crippen molar-refractivity contribution in [2.75, 3.05) is 48.0 Å². The lowest BCUT2D eigenvalue weighted by molar-refractivity contribution is -0.000510. The number of carbonyl (C=O) groups excluding carboxylic acids is 2. The molecule has 0 atom stereocenters. The highest BCUT2D eigenvalue weighted by Gasteiger charge is 2.45. The molecule has 0 radical (unpaired) electrons. The van der Waals surface area contributed by atoms with Gasteiger partial charge in [0.2, 0.25) is 0 Å². The summed E-state index contributed by atoms with van der Waals surface area (Å²) in [6.45, 7) is 4.30. The number of thiophene rings is 1. The Kier molecular flexibility index (Phi) is 8.59. The third-order valence-corrected chi connectivity index (χ3v) is 11.3. The highest BCUT2D eigenvalue weighted by Crippen LogP contribution is 2.47. The van der Waals surface area contributed by atoms with Crippen molar-refractivity contribution in [2.24, 2.45) is 5.41 Å². The minimum Gasteiger partial charge on any atom is -0.381 e. The molecule has 0 unspecified atom stereocenters. The molecule has 51 heavy (non-hydrogen) atoms. The fourth-order valence-electron chi connectivity index (χ4n) is 7.36. The Morgan fingerprint density at radius 2 is 1.78 bits per heavy atom. The van der Waals surface area contributed by atoms with Crippen LogP contribution in [0.5, 0.6) is 0 Å². The number of nitrogens with zero attached hydrogens (tertiary/aromatic N) is 4. The molecule has 2 amide bonds. The second-order valence-corrected chi connectivity index (χ2v) is 14.4. The van der Waals surface area contributed by atoms with E-state index in [0.717, 1.165) is 56.0 Å². The number of alkyl halides is 1. The number of halogens is 3. The maximum Gasteiger partial charge on any atom is 0.259 e. The molecule has 260 valence electrons. The number of amides is 2. The first kappa shape index (κ1) is 33.1. The molecule has 1 spiro atoms. The van der Waals surface area contributed by atoms with Crippen LogP contribution in [-0.4, -0.2) is 54.6 Å². The summed E-state index contributed by atoms with van der Waals surface area (Å²) in [6, 6.07) is 16.0. The van der Waals surface area contributed by atoms with Gasteiger partial charge in [0.1, 0.15) is 29.8 Å². The van der Waals surface area contributed by atoms with Crippen molar-refractivity contribution in [2.45, 2.75) is 32.9 Å². The minimum absolute atomic E-state index is 0.0152. The van der Waals surface area contributed by atoms with Crippen molar-refractivity contribution in [3.8, 4) is 21.0 Å². The zero-order valence-electron chi connectivity index (χ0n) is 27.8. The van der Waals surface area contributed by atoms with E-state index < -0.39 is 18.3 Å². The van der Waals surface area contributed by atoms with E-state index >= 15 is 4.39 Å². The zero-order valence-corrected chi connectivity index (χ0v) is 28.7. The lowest BCUT2D eigenvalue weighted by atomic mass is 9.73. The Morgan fingerprint density at radius 1 is 1.00 bits per heavy atom. The Balaban J connectivity index is 1.02. The van der Waals surface area contributed by atoms with E-state index in [1.807, 2.05) is 13.0 Å². The van der Waals surface area contributed by atoms with Gasteiger partial charge in [-0.15, -0.1) is 11.3 Å². The van der Waals surface area contributed by atoms with Gasteiger partial charge in [0.25, 0.3) is 11.8 Å². The van der Waals surface area contributed by atoms with Crippen LogP contribution in [0.25, 0.3) is 21.0 Å². The average Bonchev–Trinajstić information content (AvgIpc) is 3.36. The van der Waals surface area contributed by atoms with Crippen molar-refractivity contribution in [1.82, 2.24) is 9.97 Å². The molecule has 3 aliphatic rings. The molecule has 3 aromatic heterocycles. The highest BCUT2D eigenvalue weighted by atomic mass is 32.1. The van der Waals surface area contributed by atoms with Gasteiger partial charge in [-0.3, -0.25) is 14.6 Å². The van der Waals surface area contributed by atoms with Crippen LogP contribution < -0.4 is 15.1 Å². The van der Waals surface area contributed by atoms with Gasteiger partial charge in [0, 0.05) is 73.0 Å². The number of rotatable bonds is 6. The van der Waals surface area contributed by atoms with E-state index in [2.05, 4.69) is 20.2 Å². The predicted molar refractivity (Wildman–Crippen MR) is 191 cm³/mol. The summed E-state index contributed by atoms with van der Waals surface area (Å²) in [5, 5.41) is 2.97. The van der Waals surface area contributed by atoms with Crippen LogP contribution in [-0.2, 0) is 17.8 Å². The molecule has 3 aliphatic heterocycles. The highest BCUT2D eigenvalue weighted by molar-refractivity contribution is 7.19. The van der Waals surface area contributed by atoms with Crippen LogP contribution >= 0.6 is 11.3 Å². The first-order chi connectivity index (χ1) is 24.7. The predicted octanol–water partition coefficient (Wildman–Crippen LogP) is 8.00. The minimum atomic E-state index is -0.936. The number of aryl methyl sites for hydroxylation is 1. The maximum atomic E-state index is 16.0. The number of ether oxygens (including phenoxy) is 1. The van der Waals surface area contributed by atoms with Crippen molar-refractivity contribution in [3.63, 3.8) is 0 Å². The molecule has 5 aromatic rings. The van der Waals surface area contributed by atoms with E-state index in [-0.39, 0.29) is 46.2 Å². The zero-order chi connectivity index (χ0) is 35.3. The van der Waals surface area contributed by atoms with Gasteiger partial charge in [-0.2, -0.15) is 0 Å². The number of hydrogen-bond acceptors (Lipinski definition) is 7. The number of fused-ring (bicyclic) bond motifs is 3. The number of pyridine rings is 2. The van der Waals surface area contributed by atoms with Crippen LogP contribution in [0.1, 0.15) is 50.2 Å². The smallest absolute Gasteiger partial charge is 0.259 e. The summed E-state index contributed by atoms with van der Waals surface area (Å²) in [4.78, 5) is 40.9. The van der Waals surface area contributed by atoms with E-state index in [1.165, 1.54) is 18.2 Å². The lowest BCUT2D eigenvalue weighted by Crippen LogP contribution is -2.59. The normalized spacial score (nSPS) is 16.2. The quantitative estimate of drug-likeness (QED) is 0.192. The first-order valence-electron chi connectivity index (χ1n) is 16.9. The number of hydrogen-bond donors (Lipinski definition) is 1. The van der Waals surface area contributed by atoms with Gasteiger partial charge in [-0.1, -0.05) is 12.1 Å². The van der Waals surface area contributed by atoms with E-state index in [0.29, 0.717) is 44.5 Å². The fraction of sp³-hybridized carbons (Fsp3) is 0.282. The van der Waals surface area contributed by atoms with Crippen LogP contribution in [0, 0.1) is 24.0 Å². The van der Waals surface area contributed by atoms with Gasteiger partial charge in [-0.25, -0.2) is 18.2 Å². The molecule has 1 N–H and O–H groups in total. The topological polar surface area (TPSA) is 87.7 Å². The molecule has 8 rings (SSSR count). The third kappa shape index (κ3) is 5.95. The van der Waals surface area contributed by atoms with Crippen LogP contribution in [0.3, 0.4) is 0 Å². The summed E-state index contributed by atoms with van der Waals surface area (Å²) in [5.74, 6) is -1.29. The number of carbonyl (C=O) groups is 2. The maximum absolute atomic E-state index is 16.0. The molecule has 0 aliphatic carbocycles. The van der Waals surface area contributed by atoms with Gasteiger partial charge >= 0.3 is 0 Å². The summed E-state index contributed by atoms with van der Waals surface area (Å²) in [6.07, 6.45) is 5.49. The van der Waals surface area contributed by atoms with E-state index in [9.17, 15) is 18.4 Å². The van der Waals surface area contributed by atoms with E-state index in [4.69, 9.17) is 4.74 Å². The lowest BCUT2D eigenvalue weighted by Gasteiger charge is -2.53. The van der Waals surface area contributed by atoms with Crippen molar-refractivity contribution >= 4 is 40.3 Å². The number of aromatic nitrogens is 2. The first-order valence-corrected chi connectivity index (χ1v) is 17.7.